The highest BCUT2D eigenvalue weighted by Gasteiger charge is 2.34. The number of hydrogen-bond donors (Lipinski definition) is 1. The first-order chi connectivity index (χ1) is 18.7. The summed E-state index contributed by atoms with van der Waals surface area (Å²) in [5.41, 5.74) is 2.88. The average molecular weight is 536 g/mol. The second-order valence-electron chi connectivity index (χ2n) is 10.5. The van der Waals surface area contributed by atoms with Crippen molar-refractivity contribution in [3.63, 3.8) is 0 Å². The maximum absolute atomic E-state index is 14.0. The van der Waals surface area contributed by atoms with Gasteiger partial charge < -0.3 is 10.2 Å². The fourth-order valence-electron chi connectivity index (χ4n) is 5.28. The SMILES string of the molecule is CC(C)N1CCC(Cc2ccc(NC(=O)Cc3ccc(-n4cnc5cccnc54)cc3)cc2C(F)(F)F)CC1. The molecule has 9 heteroatoms. The van der Waals surface area contributed by atoms with Crippen molar-refractivity contribution in [1.29, 1.82) is 0 Å². The summed E-state index contributed by atoms with van der Waals surface area (Å²) in [6, 6.07) is 15.7. The van der Waals surface area contributed by atoms with Crippen molar-refractivity contribution >= 4 is 22.8 Å². The molecule has 0 aliphatic carbocycles. The molecule has 0 unspecified atom stereocenters. The zero-order chi connectivity index (χ0) is 27.6. The molecular formula is C30H32F3N5O. The smallest absolute Gasteiger partial charge is 0.326 e. The highest BCUT2D eigenvalue weighted by molar-refractivity contribution is 5.92. The molecule has 0 radical (unpaired) electrons. The minimum absolute atomic E-state index is 0.0424. The number of aromatic nitrogens is 3. The normalized spacial score (nSPS) is 15.2. The van der Waals surface area contributed by atoms with Gasteiger partial charge in [0.05, 0.1) is 12.0 Å². The second-order valence-corrected chi connectivity index (χ2v) is 10.5. The largest absolute Gasteiger partial charge is 0.416 e. The van der Waals surface area contributed by atoms with Crippen molar-refractivity contribution in [2.45, 2.75) is 51.7 Å². The maximum Gasteiger partial charge on any atom is 0.416 e. The predicted molar refractivity (Wildman–Crippen MR) is 146 cm³/mol. The van der Waals surface area contributed by atoms with Crippen molar-refractivity contribution < 1.29 is 18.0 Å². The van der Waals surface area contributed by atoms with E-state index in [9.17, 15) is 18.0 Å². The molecule has 0 spiro atoms. The van der Waals surface area contributed by atoms with Crippen molar-refractivity contribution in [3.8, 4) is 5.69 Å². The first kappa shape index (κ1) is 26.9. The van der Waals surface area contributed by atoms with Gasteiger partial charge in [-0.05, 0) is 99.6 Å². The van der Waals surface area contributed by atoms with Crippen LogP contribution in [0.15, 0.2) is 67.1 Å². The zero-order valence-electron chi connectivity index (χ0n) is 22.1. The maximum atomic E-state index is 14.0. The lowest BCUT2D eigenvalue weighted by atomic mass is 9.87. The van der Waals surface area contributed by atoms with Crippen molar-refractivity contribution in [1.82, 2.24) is 19.4 Å². The van der Waals surface area contributed by atoms with Crippen molar-refractivity contribution in [3.05, 3.63) is 83.8 Å². The first-order valence-electron chi connectivity index (χ1n) is 13.3. The molecule has 1 amide bonds. The third-order valence-corrected chi connectivity index (χ3v) is 7.47. The van der Waals surface area contributed by atoms with Crippen LogP contribution in [0.2, 0.25) is 0 Å². The van der Waals surface area contributed by atoms with Crippen LogP contribution in [0.5, 0.6) is 0 Å². The molecule has 1 aliphatic heterocycles. The van der Waals surface area contributed by atoms with Gasteiger partial charge in [-0.25, -0.2) is 9.97 Å². The molecule has 6 nitrogen and oxygen atoms in total. The number of halogens is 3. The molecule has 0 atom stereocenters. The predicted octanol–water partition coefficient (Wildman–Crippen LogP) is 6.28. The van der Waals surface area contributed by atoms with E-state index in [-0.39, 0.29) is 23.9 Å². The molecule has 3 heterocycles. The van der Waals surface area contributed by atoms with Gasteiger partial charge >= 0.3 is 6.18 Å². The number of pyridine rings is 1. The lowest BCUT2D eigenvalue weighted by Crippen LogP contribution is -2.39. The quantitative estimate of drug-likeness (QED) is 0.302. The summed E-state index contributed by atoms with van der Waals surface area (Å²) >= 11 is 0. The van der Waals surface area contributed by atoms with Crippen LogP contribution in [0.3, 0.4) is 0 Å². The summed E-state index contributed by atoms with van der Waals surface area (Å²) < 4.78 is 43.7. The van der Waals surface area contributed by atoms with Gasteiger partial charge in [-0.2, -0.15) is 13.2 Å². The third-order valence-electron chi connectivity index (χ3n) is 7.47. The van der Waals surface area contributed by atoms with E-state index in [0.29, 0.717) is 18.0 Å². The van der Waals surface area contributed by atoms with Crippen LogP contribution in [-0.4, -0.2) is 44.5 Å². The average Bonchev–Trinajstić information content (AvgIpc) is 3.34. The number of amides is 1. The van der Waals surface area contributed by atoms with Crippen LogP contribution in [-0.2, 0) is 23.8 Å². The van der Waals surface area contributed by atoms with Crippen LogP contribution in [0.4, 0.5) is 18.9 Å². The van der Waals surface area contributed by atoms with Crippen molar-refractivity contribution in [2.24, 2.45) is 5.92 Å². The molecule has 5 rings (SSSR count). The summed E-state index contributed by atoms with van der Waals surface area (Å²) in [6.45, 7) is 6.11. The highest BCUT2D eigenvalue weighted by atomic mass is 19.4. The number of anilines is 1. The number of carbonyl (C=O) groups is 1. The summed E-state index contributed by atoms with van der Waals surface area (Å²) in [6.07, 6.45) is 1.11. The van der Waals surface area contributed by atoms with Gasteiger partial charge in [-0.1, -0.05) is 18.2 Å². The number of likely N-dealkylation sites (tertiary alicyclic amines) is 1. The van der Waals surface area contributed by atoms with Gasteiger partial charge in [0, 0.05) is 23.6 Å². The number of alkyl halides is 3. The second kappa shape index (κ2) is 11.2. The molecule has 0 saturated carbocycles. The molecule has 2 aromatic heterocycles. The lowest BCUT2D eigenvalue weighted by molar-refractivity contribution is -0.138. The fraction of sp³-hybridized carbons (Fsp3) is 0.367. The molecule has 1 saturated heterocycles. The molecule has 1 N–H and O–H groups in total. The van der Waals surface area contributed by atoms with E-state index in [1.165, 1.54) is 6.07 Å². The number of carbonyl (C=O) groups excluding carboxylic acids is 1. The van der Waals surface area contributed by atoms with Crippen LogP contribution in [0.25, 0.3) is 16.9 Å². The van der Waals surface area contributed by atoms with Crippen LogP contribution < -0.4 is 5.32 Å². The molecule has 204 valence electrons. The number of rotatable bonds is 7. The van der Waals surface area contributed by atoms with Gasteiger partial charge in [0.1, 0.15) is 11.8 Å². The Bertz CT molecular complexity index is 1440. The van der Waals surface area contributed by atoms with Gasteiger partial charge in [0.15, 0.2) is 5.65 Å². The van der Waals surface area contributed by atoms with E-state index in [2.05, 4.69) is 34.0 Å². The Morgan fingerprint density at radius 2 is 1.79 bits per heavy atom. The Balaban J connectivity index is 1.24. The van der Waals surface area contributed by atoms with Gasteiger partial charge in [0.25, 0.3) is 0 Å². The number of nitrogens with zero attached hydrogens (tertiary/aromatic N) is 4. The van der Waals surface area contributed by atoms with Crippen LogP contribution in [0, 0.1) is 5.92 Å². The summed E-state index contributed by atoms with van der Waals surface area (Å²) in [5, 5.41) is 2.65. The Hall–Kier alpha value is -3.72. The number of imidazole rings is 1. The van der Waals surface area contributed by atoms with Crippen LogP contribution in [0.1, 0.15) is 43.4 Å². The first-order valence-corrected chi connectivity index (χ1v) is 13.3. The molecule has 1 aliphatic rings. The van der Waals surface area contributed by atoms with E-state index in [0.717, 1.165) is 54.4 Å². The summed E-state index contributed by atoms with van der Waals surface area (Å²) in [7, 11) is 0. The molecule has 0 bridgehead atoms. The van der Waals surface area contributed by atoms with E-state index in [1.54, 1.807) is 18.6 Å². The van der Waals surface area contributed by atoms with E-state index in [4.69, 9.17) is 0 Å². The van der Waals surface area contributed by atoms with Gasteiger partial charge in [0.2, 0.25) is 5.91 Å². The standard InChI is InChI=1S/C30H32F3N5O/c1-20(2)37-14-11-22(12-15-37)16-23-7-8-24(18-26(23)30(31,32)33)36-28(39)17-21-5-9-25(10-6-21)38-19-35-27-4-3-13-34-29(27)38/h3-10,13,18-20,22H,11-12,14-17H2,1-2H3,(H,36,39). The molecular weight excluding hydrogens is 503 g/mol. The van der Waals surface area contributed by atoms with E-state index >= 15 is 0 Å². The number of hydrogen-bond acceptors (Lipinski definition) is 4. The number of fused-ring (bicyclic) bond motifs is 1. The molecule has 1 fully saturated rings. The summed E-state index contributed by atoms with van der Waals surface area (Å²) in [4.78, 5) is 23.8. The third kappa shape index (κ3) is 6.30. The molecule has 2 aromatic carbocycles. The zero-order valence-corrected chi connectivity index (χ0v) is 22.1. The number of benzene rings is 2. The van der Waals surface area contributed by atoms with Crippen LogP contribution >= 0.6 is 0 Å². The van der Waals surface area contributed by atoms with Gasteiger partial charge in [-0.15, -0.1) is 0 Å². The summed E-state index contributed by atoms with van der Waals surface area (Å²) in [5.74, 6) is -0.153. The van der Waals surface area contributed by atoms with Gasteiger partial charge in [-0.3, -0.25) is 9.36 Å². The van der Waals surface area contributed by atoms with Crippen molar-refractivity contribution in [2.75, 3.05) is 18.4 Å². The molecule has 39 heavy (non-hydrogen) atoms. The highest BCUT2D eigenvalue weighted by Crippen LogP contribution is 2.36. The Morgan fingerprint density at radius 1 is 1.05 bits per heavy atom. The topological polar surface area (TPSA) is 63.1 Å². The fourth-order valence-corrected chi connectivity index (χ4v) is 5.28. The minimum atomic E-state index is -4.49. The lowest BCUT2D eigenvalue weighted by Gasteiger charge is -2.35. The van der Waals surface area contributed by atoms with E-state index < -0.39 is 11.7 Å². The Kier molecular flexibility index (Phi) is 7.70. The Labute approximate surface area is 225 Å². The number of piperidine rings is 1. The minimum Gasteiger partial charge on any atom is -0.326 e. The molecule has 4 aromatic rings. The monoisotopic (exact) mass is 535 g/mol. The Morgan fingerprint density at radius 3 is 2.49 bits per heavy atom. The van der Waals surface area contributed by atoms with E-state index in [1.807, 2.05) is 41.0 Å². The number of nitrogens with one attached hydrogen (secondary N) is 1.